The number of sulfonamides is 1. The second-order valence-corrected chi connectivity index (χ2v) is 10.1. The molecule has 0 unspecified atom stereocenters. The molecule has 9 heteroatoms. The maximum Gasteiger partial charge on any atom is 0.416 e. The number of halogens is 3. The largest absolute Gasteiger partial charge is 0.481 e. The van der Waals surface area contributed by atoms with Crippen LogP contribution >= 0.6 is 0 Å². The smallest absolute Gasteiger partial charge is 0.416 e. The summed E-state index contributed by atoms with van der Waals surface area (Å²) in [5.74, 6) is -1.34. The Bertz CT molecular complexity index is 981. The zero-order valence-corrected chi connectivity index (χ0v) is 16.9. The van der Waals surface area contributed by atoms with Crippen LogP contribution in [-0.4, -0.2) is 24.2 Å². The summed E-state index contributed by atoms with van der Waals surface area (Å²) in [5.41, 5.74) is -0.360. The van der Waals surface area contributed by atoms with Gasteiger partial charge in [-0.25, -0.2) is 13.1 Å². The molecule has 2 rings (SSSR count). The highest BCUT2D eigenvalue weighted by Crippen LogP contribution is 2.36. The fourth-order valence-electron chi connectivity index (χ4n) is 2.58. The quantitative estimate of drug-likeness (QED) is 0.703. The fraction of sp³-hybridized carbons (Fsp3) is 0.350. The van der Waals surface area contributed by atoms with Crippen molar-refractivity contribution in [1.82, 2.24) is 4.72 Å². The lowest BCUT2D eigenvalue weighted by atomic mass is 9.95. The van der Waals surface area contributed by atoms with Crippen LogP contribution < -0.4 is 4.72 Å². The Hall–Kier alpha value is -2.39. The summed E-state index contributed by atoms with van der Waals surface area (Å²) in [6.45, 7) is 4.23. The minimum Gasteiger partial charge on any atom is -0.481 e. The molecule has 0 aliphatic heterocycles. The molecular formula is C20H22F3NO4S. The molecular weight excluding hydrogens is 407 g/mol. The predicted octanol–water partition coefficient (Wildman–Crippen LogP) is 4.61. The van der Waals surface area contributed by atoms with Crippen LogP contribution in [0.25, 0.3) is 11.1 Å². The van der Waals surface area contributed by atoms with Gasteiger partial charge >= 0.3 is 12.1 Å². The number of alkyl halides is 3. The molecule has 2 aromatic carbocycles. The van der Waals surface area contributed by atoms with E-state index in [9.17, 15) is 31.5 Å². The summed E-state index contributed by atoms with van der Waals surface area (Å²) in [4.78, 5) is 11.3. The number of hydrogen-bond donors (Lipinski definition) is 2. The van der Waals surface area contributed by atoms with Gasteiger partial charge in [0.25, 0.3) is 0 Å². The van der Waals surface area contributed by atoms with E-state index in [1.807, 2.05) is 0 Å². The summed E-state index contributed by atoms with van der Waals surface area (Å²) in [6.07, 6.45) is -5.39. The van der Waals surface area contributed by atoms with E-state index in [0.29, 0.717) is 5.56 Å². The van der Waals surface area contributed by atoms with Crippen LogP contribution in [0.5, 0.6) is 0 Å². The molecule has 0 radical (unpaired) electrons. The molecule has 0 aliphatic carbocycles. The van der Waals surface area contributed by atoms with Crippen molar-refractivity contribution in [2.75, 3.05) is 0 Å². The molecule has 1 atom stereocenters. The van der Waals surface area contributed by atoms with Crippen LogP contribution in [0.1, 0.15) is 44.4 Å². The van der Waals surface area contributed by atoms with E-state index in [4.69, 9.17) is 0 Å². The summed E-state index contributed by atoms with van der Waals surface area (Å²) in [7, 11) is -4.01. The number of rotatable bonds is 6. The van der Waals surface area contributed by atoms with E-state index < -0.39 is 44.9 Å². The third-order valence-corrected chi connectivity index (χ3v) is 6.48. The molecule has 158 valence electrons. The Labute approximate surface area is 167 Å². The maximum absolute atomic E-state index is 13.5. The average Bonchev–Trinajstić information content (AvgIpc) is 2.59. The average molecular weight is 429 g/mol. The Morgan fingerprint density at radius 1 is 1.03 bits per heavy atom. The number of nitrogens with one attached hydrogen (secondary N) is 1. The van der Waals surface area contributed by atoms with Crippen LogP contribution in [0.2, 0.25) is 0 Å². The first-order chi connectivity index (χ1) is 13.2. The number of carboxylic acids is 1. The second-order valence-electron chi connectivity index (χ2n) is 7.59. The number of benzene rings is 2. The molecule has 0 fully saturated rings. The number of carboxylic acid groups (broad SMARTS) is 1. The summed E-state index contributed by atoms with van der Waals surface area (Å²) < 4.78 is 66.4. The van der Waals surface area contributed by atoms with Crippen molar-refractivity contribution < 1.29 is 31.5 Å². The van der Waals surface area contributed by atoms with E-state index in [1.54, 1.807) is 30.3 Å². The van der Waals surface area contributed by atoms with Gasteiger partial charge in [-0.3, -0.25) is 4.79 Å². The molecule has 0 aliphatic rings. The third-order valence-electron chi connectivity index (χ3n) is 4.27. The molecule has 2 aromatic rings. The Kier molecular flexibility index (Phi) is 6.44. The van der Waals surface area contributed by atoms with E-state index in [-0.39, 0.29) is 11.1 Å². The zero-order valence-electron chi connectivity index (χ0n) is 16.1. The first-order valence-electron chi connectivity index (χ1n) is 8.72. The van der Waals surface area contributed by atoms with Crippen LogP contribution in [0.3, 0.4) is 0 Å². The van der Waals surface area contributed by atoms with Crippen LogP contribution in [-0.2, 0) is 21.0 Å². The molecule has 5 nitrogen and oxygen atoms in total. The van der Waals surface area contributed by atoms with Crippen LogP contribution in [0, 0.1) is 0 Å². The van der Waals surface area contributed by atoms with Crippen molar-refractivity contribution >= 4 is 16.0 Å². The van der Waals surface area contributed by atoms with Crippen molar-refractivity contribution in [2.24, 2.45) is 0 Å². The van der Waals surface area contributed by atoms with Gasteiger partial charge in [-0.05, 0) is 55.7 Å². The van der Waals surface area contributed by atoms with Gasteiger partial charge in [-0.1, -0.05) is 30.3 Å². The van der Waals surface area contributed by atoms with Gasteiger partial charge in [0.2, 0.25) is 10.0 Å². The van der Waals surface area contributed by atoms with Crippen molar-refractivity contribution in [3.05, 3.63) is 59.7 Å². The van der Waals surface area contributed by atoms with Crippen molar-refractivity contribution in [3.8, 4) is 11.1 Å². The summed E-state index contributed by atoms with van der Waals surface area (Å²) >= 11 is 0. The molecule has 0 heterocycles. The molecule has 0 bridgehead atoms. The lowest BCUT2D eigenvalue weighted by Gasteiger charge is -2.25. The lowest BCUT2D eigenvalue weighted by Crippen LogP contribution is -2.41. The fourth-order valence-corrected chi connectivity index (χ4v) is 3.53. The standard InChI is InChI=1S/C20H22F3NO4S/c1-19(2,3)29(27,28)24-17(12-18(25)26)15-9-14(13-7-5-4-6-8-13)10-16(11-15)20(21,22)23/h4-11,17,24H,12H2,1-3H3,(H,25,26)/t17-/m0/s1. The van der Waals surface area contributed by atoms with E-state index >= 15 is 0 Å². The summed E-state index contributed by atoms with van der Waals surface area (Å²) in [6, 6.07) is 10.0. The molecule has 0 spiro atoms. The molecule has 29 heavy (non-hydrogen) atoms. The topological polar surface area (TPSA) is 83.5 Å². The highest BCUT2D eigenvalue weighted by Gasteiger charge is 2.35. The first-order valence-corrected chi connectivity index (χ1v) is 10.2. The molecule has 0 saturated heterocycles. The molecule has 0 saturated carbocycles. The highest BCUT2D eigenvalue weighted by molar-refractivity contribution is 7.90. The van der Waals surface area contributed by atoms with E-state index in [0.717, 1.165) is 12.1 Å². The van der Waals surface area contributed by atoms with Gasteiger partial charge in [-0.2, -0.15) is 13.2 Å². The minimum atomic E-state index is -4.68. The van der Waals surface area contributed by atoms with Gasteiger partial charge in [0.1, 0.15) is 0 Å². The van der Waals surface area contributed by atoms with E-state index in [2.05, 4.69) is 4.72 Å². The number of carbonyl (C=O) groups is 1. The van der Waals surface area contributed by atoms with Crippen LogP contribution in [0.4, 0.5) is 13.2 Å². The second kappa shape index (κ2) is 8.16. The van der Waals surface area contributed by atoms with Crippen molar-refractivity contribution in [1.29, 1.82) is 0 Å². The molecule has 0 aromatic heterocycles. The van der Waals surface area contributed by atoms with Gasteiger partial charge in [0.05, 0.1) is 22.8 Å². The van der Waals surface area contributed by atoms with Gasteiger partial charge in [-0.15, -0.1) is 0 Å². The molecule has 2 N–H and O–H groups in total. The van der Waals surface area contributed by atoms with Crippen LogP contribution in [0.15, 0.2) is 48.5 Å². The van der Waals surface area contributed by atoms with E-state index in [1.165, 1.54) is 26.8 Å². The normalized spacial score (nSPS) is 13.9. The Morgan fingerprint density at radius 2 is 1.62 bits per heavy atom. The summed E-state index contributed by atoms with van der Waals surface area (Å²) in [5, 5.41) is 9.20. The highest BCUT2D eigenvalue weighted by atomic mass is 32.2. The Balaban J connectivity index is 2.64. The number of hydrogen-bond acceptors (Lipinski definition) is 3. The zero-order chi connectivity index (χ0) is 22.0. The minimum absolute atomic E-state index is 0.0751. The van der Waals surface area contributed by atoms with Gasteiger partial charge in [0, 0.05) is 0 Å². The maximum atomic E-state index is 13.5. The van der Waals surface area contributed by atoms with Crippen molar-refractivity contribution in [2.45, 2.75) is 44.2 Å². The molecule has 0 amide bonds. The van der Waals surface area contributed by atoms with Gasteiger partial charge < -0.3 is 5.11 Å². The van der Waals surface area contributed by atoms with Crippen molar-refractivity contribution in [3.63, 3.8) is 0 Å². The Morgan fingerprint density at radius 3 is 2.10 bits per heavy atom. The van der Waals surface area contributed by atoms with Gasteiger partial charge in [0.15, 0.2) is 0 Å². The predicted molar refractivity (Wildman–Crippen MR) is 104 cm³/mol. The number of aliphatic carboxylic acids is 1. The lowest BCUT2D eigenvalue weighted by molar-refractivity contribution is -0.138. The third kappa shape index (κ3) is 5.80. The first kappa shape index (κ1) is 22.9. The SMILES string of the molecule is CC(C)(C)S(=O)(=O)N[C@@H](CC(=O)O)c1cc(-c2ccccc2)cc(C(F)(F)F)c1. The monoisotopic (exact) mass is 429 g/mol.